The quantitative estimate of drug-likeness (QED) is 0.646. The summed E-state index contributed by atoms with van der Waals surface area (Å²) in [6, 6.07) is 8.31. The molecule has 0 heterocycles. The lowest BCUT2D eigenvalue weighted by atomic mass is 9.80. The highest BCUT2D eigenvalue weighted by Gasteiger charge is 2.34. The van der Waals surface area contributed by atoms with Crippen LogP contribution in [0.3, 0.4) is 0 Å². The number of hydrogen-bond acceptors (Lipinski definition) is 5. The summed E-state index contributed by atoms with van der Waals surface area (Å²) in [5.74, 6) is -0.419. The van der Waals surface area contributed by atoms with Crippen LogP contribution in [0.25, 0.3) is 0 Å². The number of fused-ring (bicyclic) bond motifs is 2. The standard InChI is InChI=1S/C18H19N3O2/c1-3-12(19)11-8-13(21-2)14-15(16(11)20)18(23)10-7-5-4-6-9(10)17(14)22/h4-8,12,21H,3,19-20H2,1-2H3. The maximum Gasteiger partial charge on any atom is 0.196 e. The third kappa shape index (κ3) is 2.12. The lowest BCUT2D eigenvalue weighted by Crippen LogP contribution is -2.25. The molecular weight excluding hydrogens is 290 g/mol. The number of anilines is 2. The van der Waals surface area contributed by atoms with E-state index in [1.54, 1.807) is 37.4 Å². The Labute approximate surface area is 134 Å². The molecule has 1 atom stereocenters. The molecule has 2 aromatic rings. The maximum atomic E-state index is 12.9. The van der Waals surface area contributed by atoms with E-state index in [9.17, 15) is 9.59 Å². The number of benzene rings is 2. The molecule has 5 nitrogen and oxygen atoms in total. The van der Waals surface area contributed by atoms with Crippen molar-refractivity contribution in [1.82, 2.24) is 0 Å². The molecule has 0 saturated heterocycles. The Bertz CT molecular complexity index is 827. The molecule has 3 rings (SSSR count). The summed E-state index contributed by atoms with van der Waals surface area (Å²) < 4.78 is 0. The van der Waals surface area contributed by atoms with Gasteiger partial charge in [-0.25, -0.2) is 0 Å². The fourth-order valence-corrected chi connectivity index (χ4v) is 3.06. The Morgan fingerprint density at radius 2 is 1.65 bits per heavy atom. The molecule has 5 heteroatoms. The van der Waals surface area contributed by atoms with Gasteiger partial charge in [-0.15, -0.1) is 0 Å². The normalized spacial score (nSPS) is 14.2. The van der Waals surface area contributed by atoms with Crippen LogP contribution < -0.4 is 16.8 Å². The van der Waals surface area contributed by atoms with Crippen molar-refractivity contribution in [3.8, 4) is 0 Å². The monoisotopic (exact) mass is 309 g/mol. The molecule has 5 N–H and O–H groups in total. The van der Waals surface area contributed by atoms with Crippen molar-refractivity contribution in [3.63, 3.8) is 0 Å². The third-order valence-electron chi connectivity index (χ3n) is 4.38. The minimum atomic E-state index is -0.285. The number of rotatable bonds is 3. The van der Waals surface area contributed by atoms with Gasteiger partial charge in [0.1, 0.15) is 0 Å². The smallest absolute Gasteiger partial charge is 0.196 e. The van der Waals surface area contributed by atoms with Crippen LogP contribution in [-0.4, -0.2) is 18.6 Å². The topological polar surface area (TPSA) is 98.2 Å². The average molecular weight is 309 g/mol. The van der Waals surface area contributed by atoms with Crippen molar-refractivity contribution in [2.24, 2.45) is 5.73 Å². The van der Waals surface area contributed by atoms with Crippen LogP contribution in [0.2, 0.25) is 0 Å². The van der Waals surface area contributed by atoms with Crippen LogP contribution in [0.4, 0.5) is 11.4 Å². The molecule has 0 radical (unpaired) electrons. The van der Waals surface area contributed by atoms with Gasteiger partial charge >= 0.3 is 0 Å². The van der Waals surface area contributed by atoms with Crippen LogP contribution >= 0.6 is 0 Å². The van der Waals surface area contributed by atoms with E-state index in [1.165, 1.54) is 0 Å². The van der Waals surface area contributed by atoms with Gasteiger partial charge in [-0.05, 0) is 18.1 Å². The zero-order valence-electron chi connectivity index (χ0n) is 13.1. The van der Waals surface area contributed by atoms with Crippen LogP contribution in [0, 0.1) is 0 Å². The molecule has 1 unspecified atom stereocenters. The zero-order chi connectivity index (χ0) is 16.7. The van der Waals surface area contributed by atoms with Gasteiger partial charge in [0, 0.05) is 35.6 Å². The van der Waals surface area contributed by atoms with E-state index >= 15 is 0 Å². The summed E-state index contributed by atoms with van der Waals surface area (Å²) in [6.07, 6.45) is 0.685. The van der Waals surface area contributed by atoms with Crippen molar-refractivity contribution >= 4 is 22.9 Å². The Hall–Kier alpha value is -2.66. The van der Waals surface area contributed by atoms with Crippen LogP contribution in [-0.2, 0) is 0 Å². The van der Waals surface area contributed by atoms with E-state index in [-0.39, 0.29) is 23.2 Å². The molecular formula is C18H19N3O2. The van der Waals surface area contributed by atoms with Gasteiger partial charge < -0.3 is 16.8 Å². The Morgan fingerprint density at radius 1 is 1.09 bits per heavy atom. The SMILES string of the molecule is CCC(N)c1cc(NC)c2c(c1N)C(=O)c1ccccc1C2=O. The predicted molar refractivity (Wildman–Crippen MR) is 90.9 cm³/mol. The lowest BCUT2D eigenvalue weighted by molar-refractivity contribution is 0.0980. The molecule has 23 heavy (non-hydrogen) atoms. The highest BCUT2D eigenvalue weighted by Crippen LogP contribution is 2.39. The number of hydrogen-bond donors (Lipinski definition) is 3. The van der Waals surface area contributed by atoms with E-state index in [0.29, 0.717) is 40.0 Å². The summed E-state index contributed by atoms with van der Waals surface area (Å²) >= 11 is 0. The number of nitrogens with one attached hydrogen (secondary N) is 1. The van der Waals surface area contributed by atoms with Gasteiger partial charge in [0.2, 0.25) is 0 Å². The number of carbonyl (C=O) groups excluding carboxylic acids is 2. The summed E-state index contributed by atoms with van der Waals surface area (Å²) in [4.78, 5) is 25.8. The summed E-state index contributed by atoms with van der Waals surface area (Å²) in [6.45, 7) is 1.95. The molecule has 0 spiro atoms. The molecule has 2 aromatic carbocycles. The highest BCUT2D eigenvalue weighted by atomic mass is 16.1. The second-order valence-electron chi connectivity index (χ2n) is 5.65. The first-order valence-electron chi connectivity index (χ1n) is 7.59. The van der Waals surface area contributed by atoms with Crippen molar-refractivity contribution < 1.29 is 9.59 Å². The first-order valence-corrected chi connectivity index (χ1v) is 7.59. The molecule has 0 amide bonds. The first kappa shape index (κ1) is 15.2. The lowest BCUT2D eigenvalue weighted by Gasteiger charge is -2.25. The average Bonchev–Trinajstić information content (AvgIpc) is 2.58. The number of nitrogens with two attached hydrogens (primary N) is 2. The number of carbonyl (C=O) groups is 2. The summed E-state index contributed by atoms with van der Waals surface area (Å²) in [7, 11) is 1.71. The Morgan fingerprint density at radius 3 is 2.17 bits per heavy atom. The van der Waals surface area contributed by atoms with E-state index in [1.807, 2.05) is 6.92 Å². The number of nitrogen functional groups attached to an aromatic ring is 1. The van der Waals surface area contributed by atoms with Gasteiger partial charge in [0.15, 0.2) is 11.6 Å². The molecule has 1 aliphatic rings. The van der Waals surface area contributed by atoms with Gasteiger partial charge in [0.25, 0.3) is 0 Å². The van der Waals surface area contributed by atoms with E-state index in [0.717, 1.165) is 0 Å². The molecule has 0 saturated carbocycles. The van der Waals surface area contributed by atoms with E-state index in [4.69, 9.17) is 11.5 Å². The molecule has 0 fully saturated rings. The van der Waals surface area contributed by atoms with E-state index < -0.39 is 0 Å². The Kier molecular flexibility index (Phi) is 3.66. The van der Waals surface area contributed by atoms with Gasteiger partial charge in [-0.1, -0.05) is 31.2 Å². The predicted octanol–water partition coefficient (Wildman–Crippen LogP) is 2.50. The number of ketones is 2. The van der Waals surface area contributed by atoms with Gasteiger partial charge in [0.05, 0.1) is 11.1 Å². The fraction of sp³-hybridized carbons (Fsp3) is 0.222. The van der Waals surface area contributed by atoms with Crippen LogP contribution in [0.15, 0.2) is 30.3 Å². The van der Waals surface area contributed by atoms with Crippen LogP contribution in [0.5, 0.6) is 0 Å². The largest absolute Gasteiger partial charge is 0.398 e. The molecule has 0 bridgehead atoms. The second kappa shape index (κ2) is 5.52. The third-order valence-corrected chi connectivity index (χ3v) is 4.38. The zero-order valence-corrected chi connectivity index (χ0v) is 13.1. The minimum Gasteiger partial charge on any atom is -0.398 e. The fourth-order valence-electron chi connectivity index (χ4n) is 3.06. The van der Waals surface area contributed by atoms with Crippen molar-refractivity contribution in [1.29, 1.82) is 0 Å². The van der Waals surface area contributed by atoms with Crippen molar-refractivity contribution in [2.75, 3.05) is 18.1 Å². The van der Waals surface area contributed by atoms with Gasteiger partial charge in [-0.2, -0.15) is 0 Å². The second-order valence-corrected chi connectivity index (χ2v) is 5.65. The van der Waals surface area contributed by atoms with E-state index in [2.05, 4.69) is 5.32 Å². The minimum absolute atomic E-state index is 0.192. The highest BCUT2D eigenvalue weighted by molar-refractivity contribution is 6.32. The Balaban J connectivity index is 2.35. The molecule has 118 valence electrons. The maximum absolute atomic E-state index is 12.9. The molecule has 0 aliphatic heterocycles. The first-order chi connectivity index (χ1) is 11.0. The van der Waals surface area contributed by atoms with Crippen molar-refractivity contribution in [2.45, 2.75) is 19.4 Å². The summed E-state index contributed by atoms with van der Waals surface area (Å²) in [5.41, 5.74) is 15.3. The van der Waals surface area contributed by atoms with Gasteiger partial charge in [-0.3, -0.25) is 9.59 Å². The van der Waals surface area contributed by atoms with Crippen molar-refractivity contribution in [3.05, 3.63) is 58.1 Å². The summed E-state index contributed by atoms with van der Waals surface area (Å²) in [5, 5.41) is 3.00. The molecule has 1 aliphatic carbocycles. The molecule has 0 aromatic heterocycles. The van der Waals surface area contributed by atoms with Crippen LogP contribution in [0.1, 0.15) is 56.8 Å².